The second-order valence-corrected chi connectivity index (χ2v) is 4.19. The van der Waals surface area contributed by atoms with Crippen LogP contribution in [0.3, 0.4) is 0 Å². The van der Waals surface area contributed by atoms with Gasteiger partial charge in [-0.15, -0.1) is 11.3 Å². The Labute approximate surface area is 98.7 Å². The van der Waals surface area contributed by atoms with Gasteiger partial charge in [0, 0.05) is 11.6 Å². The molecular formula is C12H13NO2S. The first kappa shape index (κ1) is 11.0. The number of aryl methyl sites for hydroxylation is 1. The number of thiazole rings is 1. The van der Waals surface area contributed by atoms with Crippen LogP contribution in [0.2, 0.25) is 0 Å². The first-order chi connectivity index (χ1) is 7.76. The van der Waals surface area contributed by atoms with E-state index in [9.17, 15) is 0 Å². The molecule has 2 aromatic rings. The summed E-state index contributed by atoms with van der Waals surface area (Å²) in [4.78, 5) is 5.38. The van der Waals surface area contributed by atoms with Gasteiger partial charge in [0.25, 0.3) is 0 Å². The minimum atomic E-state index is 0.794. The van der Waals surface area contributed by atoms with Gasteiger partial charge in [0.15, 0.2) is 0 Å². The molecule has 0 saturated carbocycles. The van der Waals surface area contributed by atoms with Crippen molar-refractivity contribution in [2.75, 3.05) is 14.2 Å². The topological polar surface area (TPSA) is 31.4 Å². The van der Waals surface area contributed by atoms with Gasteiger partial charge in [0.1, 0.15) is 11.5 Å². The second kappa shape index (κ2) is 4.53. The number of nitrogens with zero attached hydrogens (tertiary/aromatic N) is 1. The Morgan fingerprint density at radius 1 is 1.19 bits per heavy atom. The number of benzene rings is 1. The van der Waals surface area contributed by atoms with Crippen LogP contribution in [-0.4, -0.2) is 19.2 Å². The Hall–Kier alpha value is -1.55. The minimum absolute atomic E-state index is 0.794. The standard InChI is InChI=1S/C12H13NO2S/c1-8-12(16-7-13-8)10-5-4-9(14-2)6-11(10)15-3/h4-7H,1-3H3. The lowest BCUT2D eigenvalue weighted by molar-refractivity contribution is 0.395. The number of methoxy groups -OCH3 is 2. The first-order valence-corrected chi connectivity index (χ1v) is 5.76. The quantitative estimate of drug-likeness (QED) is 0.819. The van der Waals surface area contributed by atoms with E-state index >= 15 is 0 Å². The van der Waals surface area contributed by atoms with Crippen molar-refractivity contribution in [3.8, 4) is 21.9 Å². The molecule has 0 aliphatic heterocycles. The molecule has 0 aliphatic rings. The summed E-state index contributed by atoms with van der Waals surface area (Å²) in [6.45, 7) is 2.00. The molecule has 1 aromatic carbocycles. The van der Waals surface area contributed by atoms with Gasteiger partial charge in [0.2, 0.25) is 0 Å². The Morgan fingerprint density at radius 2 is 2.00 bits per heavy atom. The van der Waals surface area contributed by atoms with E-state index in [2.05, 4.69) is 4.98 Å². The molecule has 16 heavy (non-hydrogen) atoms. The molecule has 0 atom stereocenters. The van der Waals surface area contributed by atoms with Gasteiger partial charge in [-0.2, -0.15) is 0 Å². The summed E-state index contributed by atoms with van der Waals surface area (Å²) in [5.74, 6) is 1.61. The zero-order chi connectivity index (χ0) is 11.5. The minimum Gasteiger partial charge on any atom is -0.497 e. The molecule has 0 saturated heterocycles. The van der Waals surface area contributed by atoms with E-state index in [1.807, 2.05) is 30.6 Å². The number of ether oxygens (including phenoxy) is 2. The molecule has 0 amide bonds. The highest BCUT2D eigenvalue weighted by Crippen LogP contribution is 2.36. The third-order valence-corrected chi connectivity index (χ3v) is 3.36. The molecule has 0 radical (unpaired) electrons. The lowest BCUT2D eigenvalue weighted by Gasteiger charge is -2.09. The van der Waals surface area contributed by atoms with Crippen molar-refractivity contribution in [2.24, 2.45) is 0 Å². The molecule has 3 nitrogen and oxygen atoms in total. The highest BCUT2D eigenvalue weighted by atomic mass is 32.1. The molecule has 0 aliphatic carbocycles. The maximum absolute atomic E-state index is 5.37. The molecule has 0 bridgehead atoms. The molecule has 1 heterocycles. The average Bonchev–Trinajstić information content (AvgIpc) is 2.74. The molecule has 1 aromatic heterocycles. The summed E-state index contributed by atoms with van der Waals surface area (Å²) in [7, 11) is 3.31. The zero-order valence-electron chi connectivity index (χ0n) is 9.48. The Balaban J connectivity index is 2.53. The zero-order valence-corrected chi connectivity index (χ0v) is 10.3. The van der Waals surface area contributed by atoms with Crippen molar-refractivity contribution >= 4 is 11.3 Å². The molecule has 0 fully saturated rings. The predicted molar refractivity (Wildman–Crippen MR) is 65.4 cm³/mol. The van der Waals surface area contributed by atoms with E-state index in [1.165, 1.54) is 0 Å². The predicted octanol–water partition coefficient (Wildman–Crippen LogP) is 3.14. The van der Waals surface area contributed by atoms with Gasteiger partial charge in [-0.3, -0.25) is 0 Å². The van der Waals surface area contributed by atoms with Gasteiger partial charge in [-0.25, -0.2) is 4.98 Å². The van der Waals surface area contributed by atoms with E-state index < -0.39 is 0 Å². The first-order valence-electron chi connectivity index (χ1n) is 4.88. The number of hydrogen-bond acceptors (Lipinski definition) is 4. The van der Waals surface area contributed by atoms with E-state index in [1.54, 1.807) is 25.6 Å². The van der Waals surface area contributed by atoms with E-state index in [-0.39, 0.29) is 0 Å². The highest BCUT2D eigenvalue weighted by Gasteiger charge is 2.11. The van der Waals surface area contributed by atoms with Gasteiger partial charge < -0.3 is 9.47 Å². The fourth-order valence-electron chi connectivity index (χ4n) is 1.55. The maximum Gasteiger partial charge on any atom is 0.131 e. The third-order valence-electron chi connectivity index (χ3n) is 2.40. The van der Waals surface area contributed by atoms with Crippen LogP contribution in [0, 0.1) is 6.92 Å². The summed E-state index contributed by atoms with van der Waals surface area (Å²) < 4.78 is 10.5. The largest absolute Gasteiger partial charge is 0.497 e. The summed E-state index contributed by atoms with van der Waals surface area (Å²) in [5, 5.41) is 0. The fourth-order valence-corrected chi connectivity index (χ4v) is 2.38. The van der Waals surface area contributed by atoms with Crippen LogP contribution >= 0.6 is 11.3 Å². The number of rotatable bonds is 3. The maximum atomic E-state index is 5.37. The lowest BCUT2D eigenvalue weighted by atomic mass is 10.1. The van der Waals surface area contributed by atoms with Gasteiger partial charge >= 0.3 is 0 Å². The molecule has 2 rings (SSSR count). The third kappa shape index (κ3) is 1.88. The summed E-state index contributed by atoms with van der Waals surface area (Å²) in [5.41, 5.74) is 3.92. The molecule has 84 valence electrons. The second-order valence-electron chi connectivity index (χ2n) is 3.33. The summed E-state index contributed by atoms with van der Waals surface area (Å²) in [6, 6.07) is 5.81. The van der Waals surface area contributed by atoms with Crippen molar-refractivity contribution in [1.29, 1.82) is 0 Å². The Kier molecular flexibility index (Phi) is 3.10. The van der Waals surface area contributed by atoms with Gasteiger partial charge in [-0.1, -0.05) is 0 Å². The van der Waals surface area contributed by atoms with E-state index in [0.717, 1.165) is 27.6 Å². The summed E-state index contributed by atoms with van der Waals surface area (Å²) in [6.07, 6.45) is 0. The molecular weight excluding hydrogens is 222 g/mol. The van der Waals surface area contributed by atoms with E-state index in [4.69, 9.17) is 9.47 Å². The van der Waals surface area contributed by atoms with Crippen molar-refractivity contribution in [3.05, 3.63) is 29.4 Å². The Bertz CT molecular complexity index is 494. The van der Waals surface area contributed by atoms with Crippen LogP contribution in [0.15, 0.2) is 23.7 Å². The summed E-state index contributed by atoms with van der Waals surface area (Å²) >= 11 is 1.61. The molecule has 0 N–H and O–H groups in total. The average molecular weight is 235 g/mol. The van der Waals surface area contributed by atoms with Crippen LogP contribution in [0.5, 0.6) is 11.5 Å². The number of hydrogen-bond donors (Lipinski definition) is 0. The lowest BCUT2D eigenvalue weighted by Crippen LogP contribution is -1.90. The van der Waals surface area contributed by atoms with Gasteiger partial charge in [-0.05, 0) is 19.1 Å². The van der Waals surface area contributed by atoms with Crippen LogP contribution < -0.4 is 9.47 Å². The Morgan fingerprint density at radius 3 is 2.56 bits per heavy atom. The van der Waals surface area contributed by atoms with E-state index in [0.29, 0.717) is 0 Å². The number of aromatic nitrogens is 1. The van der Waals surface area contributed by atoms with Crippen molar-refractivity contribution < 1.29 is 9.47 Å². The monoisotopic (exact) mass is 235 g/mol. The smallest absolute Gasteiger partial charge is 0.131 e. The van der Waals surface area contributed by atoms with Crippen LogP contribution in [-0.2, 0) is 0 Å². The molecule has 0 unspecified atom stereocenters. The molecule has 4 heteroatoms. The SMILES string of the molecule is COc1ccc(-c2scnc2C)c(OC)c1. The van der Waals surface area contributed by atoms with Crippen LogP contribution in [0.4, 0.5) is 0 Å². The van der Waals surface area contributed by atoms with Crippen molar-refractivity contribution in [3.63, 3.8) is 0 Å². The molecule has 0 spiro atoms. The van der Waals surface area contributed by atoms with Crippen molar-refractivity contribution in [1.82, 2.24) is 4.98 Å². The van der Waals surface area contributed by atoms with Crippen LogP contribution in [0.1, 0.15) is 5.69 Å². The normalized spacial score (nSPS) is 10.2. The highest BCUT2D eigenvalue weighted by molar-refractivity contribution is 7.13. The van der Waals surface area contributed by atoms with Crippen molar-refractivity contribution in [2.45, 2.75) is 6.92 Å². The van der Waals surface area contributed by atoms with Gasteiger partial charge in [0.05, 0.1) is 30.3 Å². The fraction of sp³-hybridized carbons (Fsp3) is 0.250. The van der Waals surface area contributed by atoms with Crippen LogP contribution in [0.25, 0.3) is 10.4 Å².